The van der Waals surface area contributed by atoms with Crippen molar-refractivity contribution in [3.8, 4) is 67.8 Å². The SMILES string of the molecule is c1ccc(-c2ccc(-c3nc(-c4ccc(-c5ccccc5)cc4)nc(-n4c5cccc6c7c8ccccc8ccc7c7c(-c8ccc9c(c8)c8ccccc8n9-c8ccccc8)ccc4c7c65)n3)cc2)cc1. The molecule has 5 heteroatoms. The molecule has 5 nitrogen and oxygen atoms in total. The molecule has 3 aromatic heterocycles. The van der Waals surface area contributed by atoms with E-state index in [1.165, 1.54) is 70.5 Å². The smallest absolute Gasteiger partial charge is 0.238 e. The van der Waals surface area contributed by atoms with Gasteiger partial charge in [0.1, 0.15) is 0 Å². The van der Waals surface area contributed by atoms with Crippen molar-refractivity contribution in [1.29, 1.82) is 0 Å². The molecule has 15 rings (SSSR count). The van der Waals surface area contributed by atoms with Gasteiger partial charge in [0.05, 0.1) is 22.1 Å². The van der Waals surface area contributed by atoms with Crippen LogP contribution in [0.4, 0.5) is 0 Å². The lowest BCUT2D eigenvalue weighted by atomic mass is 9.87. The molecule has 0 saturated carbocycles. The van der Waals surface area contributed by atoms with Crippen molar-refractivity contribution >= 4 is 75.9 Å². The largest absolute Gasteiger partial charge is 0.309 e. The summed E-state index contributed by atoms with van der Waals surface area (Å²) >= 11 is 0. The minimum atomic E-state index is 0.566. The van der Waals surface area contributed by atoms with Gasteiger partial charge in [0.25, 0.3) is 0 Å². The van der Waals surface area contributed by atoms with Crippen molar-refractivity contribution in [1.82, 2.24) is 24.1 Å². The topological polar surface area (TPSA) is 48.5 Å². The third-order valence-electron chi connectivity index (χ3n) is 14.7. The highest BCUT2D eigenvalue weighted by Gasteiger charge is 2.26. The van der Waals surface area contributed by atoms with Crippen LogP contribution in [0.1, 0.15) is 0 Å². The van der Waals surface area contributed by atoms with Crippen LogP contribution >= 0.6 is 0 Å². The van der Waals surface area contributed by atoms with Crippen LogP contribution < -0.4 is 0 Å². The maximum absolute atomic E-state index is 5.43. The highest BCUT2D eigenvalue weighted by atomic mass is 15.2. The quantitative estimate of drug-likeness (QED) is 0.150. The third kappa shape index (κ3) is 6.17. The molecule has 0 amide bonds. The molecule has 0 N–H and O–H groups in total. The molecule has 0 aliphatic heterocycles. The summed E-state index contributed by atoms with van der Waals surface area (Å²) in [4.78, 5) is 16.1. The van der Waals surface area contributed by atoms with Crippen LogP contribution in [0.25, 0.3) is 144 Å². The van der Waals surface area contributed by atoms with Gasteiger partial charge in [0.2, 0.25) is 5.95 Å². The van der Waals surface area contributed by atoms with Gasteiger partial charge in [-0.1, -0.05) is 206 Å². The van der Waals surface area contributed by atoms with E-state index in [0.717, 1.165) is 55.7 Å². The molecule has 12 aromatic carbocycles. The summed E-state index contributed by atoms with van der Waals surface area (Å²) in [6.07, 6.45) is 0. The van der Waals surface area contributed by atoms with Crippen molar-refractivity contribution in [3.05, 3.63) is 249 Å². The maximum atomic E-state index is 5.43. The summed E-state index contributed by atoms with van der Waals surface area (Å²) in [5, 5.41) is 12.1. The fraction of sp³-hybridized carbons (Fsp3) is 0. The Morgan fingerprint density at radius 1 is 0.250 bits per heavy atom. The Morgan fingerprint density at radius 3 is 1.44 bits per heavy atom. The molecule has 15 aromatic rings. The Labute approximate surface area is 414 Å². The molecule has 0 atom stereocenters. The summed E-state index contributed by atoms with van der Waals surface area (Å²) in [7, 11) is 0. The van der Waals surface area contributed by atoms with Gasteiger partial charge in [0.15, 0.2) is 11.6 Å². The first-order valence-corrected chi connectivity index (χ1v) is 24.5. The van der Waals surface area contributed by atoms with E-state index in [2.05, 4.69) is 246 Å². The summed E-state index contributed by atoms with van der Waals surface area (Å²) in [6, 6.07) is 89.3. The predicted octanol–water partition coefficient (Wildman–Crippen LogP) is 17.3. The standard InChI is InChI=1S/C67H41N5/c1-4-15-42(16-5-1)44-27-31-47(32-28-44)65-68-66(48-33-29-45(30-34-48)43-17-6-2-7-18-43)70-67(69-65)72-59-26-14-24-54-61-51-22-11-10-19-46(51)35-37-55(61)62-52(38-40-60(72)64(62)63(54)59)49-36-39-58-56(41-49)53-23-12-13-25-57(53)71(58)50-20-8-3-9-21-50/h1-41H. The van der Waals surface area contributed by atoms with E-state index in [1.54, 1.807) is 0 Å². The van der Waals surface area contributed by atoms with Gasteiger partial charge in [-0.05, 0) is 103 Å². The highest BCUT2D eigenvalue weighted by Crippen LogP contribution is 2.49. The number of hydrogen-bond donors (Lipinski definition) is 0. The summed E-state index contributed by atoms with van der Waals surface area (Å²) in [5.41, 5.74) is 14.4. The van der Waals surface area contributed by atoms with E-state index >= 15 is 0 Å². The van der Waals surface area contributed by atoms with E-state index in [1.807, 2.05) is 12.1 Å². The first-order chi connectivity index (χ1) is 35.7. The van der Waals surface area contributed by atoms with Crippen LogP contribution in [0, 0.1) is 0 Å². The molecule has 0 fully saturated rings. The average Bonchev–Trinajstić information content (AvgIpc) is 3.99. The number of nitrogens with zero attached hydrogens (tertiary/aromatic N) is 5. The number of rotatable bonds is 7. The molecular formula is C67H41N5. The molecule has 334 valence electrons. The van der Waals surface area contributed by atoms with Crippen LogP contribution in [-0.2, 0) is 0 Å². The van der Waals surface area contributed by atoms with Gasteiger partial charge in [0, 0.05) is 43.7 Å². The Bertz CT molecular complexity index is 4470. The molecule has 0 aliphatic rings. The van der Waals surface area contributed by atoms with Gasteiger partial charge in [-0.2, -0.15) is 9.97 Å². The van der Waals surface area contributed by atoms with E-state index in [-0.39, 0.29) is 0 Å². The molecule has 0 bridgehead atoms. The molecule has 0 radical (unpaired) electrons. The minimum Gasteiger partial charge on any atom is -0.309 e. The van der Waals surface area contributed by atoms with E-state index < -0.39 is 0 Å². The monoisotopic (exact) mass is 915 g/mol. The lowest BCUT2D eigenvalue weighted by Crippen LogP contribution is -2.06. The summed E-state index contributed by atoms with van der Waals surface area (Å²) in [6.45, 7) is 0. The normalized spacial score (nSPS) is 11.9. The minimum absolute atomic E-state index is 0.566. The number of fused-ring (bicyclic) bond motifs is 8. The third-order valence-corrected chi connectivity index (χ3v) is 14.7. The molecule has 3 heterocycles. The number of hydrogen-bond acceptors (Lipinski definition) is 3. The summed E-state index contributed by atoms with van der Waals surface area (Å²) < 4.78 is 4.66. The van der Waals surface area contributed by atoms with Crippen LogP contribution in [0.2, 0.25) is 0 Å². The lowest BCUT2D eigenvalue weighted by Gasteiger charge is -2.15. The highest BCUT2D eigenvalue weighted by molar-refractivity contribution is 6.40. The van der Waals surface area contributed by atoms with E-state index in [4.69, 9.17) is 15.0 Å². The van der Waals surface area contributed by atoms with E-state index in [0.29, 0.717) is 17.6 Å². The number of benzene rings is 12. The molecule has 0 spiro atoms. The fourth-order valence-electron chi connectivity index (χ4n) is 11.5. The van der Waals surface area contributed by atoms with Crippen LogP contribution in [0.5, 0.6) is 0 Å². The van der Waals surface area contributed by atoms with Crippen molar-refractivity contribution in [2.75, 3.05) is 0 Å². The van der Waals surface area contributed by atoms with Crippen LogP contribution in [0.3, 0.4) is 0 Å². The van der Waals surface area contributed by atoms with Gasteiger partial charge >= 0.3 is 0 Å². The van der Waals surface area contributed by atoms with Crippen LogP contribution in [-0.4, -0.2) is 24.1 Å². The Kier molecular flexibility index (Phi) is 8.89. The molecule has 0 aliphatic carbocycles. The van der Waals surface area contributed by atoms with Crippen molar-refractivity contribution in [2.45, 2.75) is 0 Å². The zero-order valence-corrected chi connectivity index (χ0v) is 38.9. The Balaban J connectivity index is 0.999. The molecule has 0 saturated heterocycles. The average molecular weight is 916 g/mol. The zero-order chi connectivity index (χ0) is 47.3. The van der Waals surface area contributed by atoms with Crippen molar-refractivity contribution in [2.24, 2.45) is 0 Å². The zero-order valence-electron chi connectivity index (χ0n) is 38.9. The second kappa shape index (κ2) is 15.9. The van der Waals surface area contributed by atoms with E-state index in [9.17, 15) is 0 Å². The van der Waals surface area contributed by atoms with Crippen LogP contribution in [0.15, 0.2) is 249 Å². The summed E-state index contributed by atoms with van der Waals surface area (Å²) in [5.74, 6) is 1.78. The second-order valence-electron chi connectivity index (χ2n) is 18.7. The van der Waals surface area contributed by atoms with Crippen molar-refractivity contribution in [3.63, 3.8) is 0 Å². The first-order valence-electron chi connectivity index (χ1n) is 24.5. The second-order valence-corrected chi connectivity index (χ2v) is 18.7. The van der Waals surface area contributed by atoms with Crippen molar-refractivity contribution < 1.29 is 0 Å². The van der Waals surface area contributed by atoms with Gasteiger partial charge in [-0.25, -0.2) is 4.98 Å². The lowest BCUT2D eigenvalue weighted by molar-refractivity contribution is 0.954. The van der Waals surface area contributed by atoms with Gasteiger partial charge < -0.3 is 4.57 Å². The molecule has 0 unspecified atom stereocenters. The number of para-hydroxylation sites is 2. The Morgan fingerprint density at radius 2 is 0.750 bits per heavy atom. The Hall–Kier alpha value is -9.71. The maximum Gasteiger partial charge on any atom is 0.238 e. The predicted molar refractivity (Wildman–Crippen MR) is 299 cm³/mol. The molecular weight excluding hydrogens is 875 g/mol. The number of aromatic nitrogens is 5. The molecule has 72 heavy (non-hydrogen) atoms. The van der Waals surface area contributed by atoms with Gasteiger partial charge in [-0.15, -0.1) is 0 Å². The van der Waals surface area contributed by atoms with Gasteiger partial charge in [-0.3, -0.25) is 4.57 Å². The fourth-order valence-corrected chi connectivity index (χ4v) is 11.5. The first kappa shape index (κ1) is 40.2.